The van der Waals surface area contributed by atoms with Crippen molar-refractivity contribution in [3.8, 4) is 0 Å². The normalized spacial score (nSPS) is 15.0. The first-order valence-electron chi connectivity index (χ1n) is 5.61. The van der Waals surface area contributed by atoms with Gasteiger partial charge in [-0.1, -0.05) is 28.1 Å². The quantitative estimate of drug-likeness (QED) is 0.848. The van der Waals surface area contributed by atoms with E-state index in [0.29, 0.717) is 0 Å². The monoisotopic (exact) mass is 361 g/mol. The zero-order valence-electron chi connectivity index (χ0n) is 9.58. The van der Waals surface area contributed by atoms with Crippen LogP contribution in [0.3, 0.4) is 0 Å². The molecule has 1 heterocycles. The summed E-state index contributed by atoms with van der Waals surface area (Å²) in [5, 5.41) is 6.62. The number of benzene rings is 1. The van der Waals surface area contributed by atoms with Crippen LogP contribution in [0.4, 0.5) is 0 Å². The van der Waals surface area contributed by atoms with E-state index in [2.05, 4.69) is 43.7 Å². The van der Waals surface area contributed by atoms with Crippen LogP contribution in [0.15, 0.2) is 33.7 Å². The highest BCUT2D eigenvalue weighted by atomic mass is 79.9. The Bertz CT molecular complexity index is 380. The zero-order chi connectivity index (χ0) is 11.2. The number of guanidine groups is 1. The molecule has 5 heteroatoms. The van der Waals surface area contributed by atoms with Gasteiger partial charge >= 0.3 is 0 Å². The standard InChI is InChI=1S/C12H16BrN3.BrH/c13-11-5-3-4-10(8-11)9-16-12-14-6-1-2-7-15-12;/h3-5,8H,1-2,6-7,9H2,(H2,14,15,16);1H. The van der Waals surface area contributed by atoms with Crippen LogP contribution >= 0.6 is 32.9 Å². The Labute approximate surface area is 121 Å². The molecule has 0 unspecified atom stereocenters. The summed E-state index contributed by atoms with van der Waals surface area (Å²) in [5.41, 5.74) is 1.25. The lowest BCUT2D eigenvalue weighted by atomic mass is 10.2. The Hall–Kier alpha value is -0.550. The lowest BCUT2D eigenvalue weighted by Crippen LogP contribution is -2.36. The fourth-order valence-electron chi connectivity index (χ4n) is 1.64. The number of nitrogens with one attached hydrogen (secondary N) is 2. The molecule has 1 aromatic rings. The van der Waals surface area contributed by atoms with Gasteiger partial charge in [-0.3, -0.25) is 4.99 Å². The smallest absolute Gasteiger partial charge is 0.191 e. The SMILES string of the molecule is Br.Brc1cccc(CNC2=NCCCCN2)c1. The van der Waals surface area contributed by atoms with E-state index >= 15 is 0 Å². The van der Waals surface area contributed by atoms with Crippen LogP contribution in [-0.4, -0.2) is 19.0 Å². The predicted octanol–water partition coefficient (Wildman–Crippen LogP) is 2.86. The summed E-state index contributed by atoms with van der Waals surface area (Å²) >= 11 is 3.47. The van der Waals surface area contributed by atoms with Crippen molar-refractivity contribution in [2.75, 3.05) is 13.1 Å². The summed E-state index contributed by atoms with van der Waals surface area (Å²) in [6.07, 6.45) is 2.38. The molecular formula is C12H17Br2N3. The summed E-state index contributed by atoms with van der Waals surface area (Å²) < 4.78 is 1.11. The fraction of sp³-hybridized carbons (Fsp3) is 0.417. The van der Waals surface area contributed by atoms with Crippen LogP contribution in [0.25, 0.3) is 0 Å². The Morgan fingerprint density at radius 3 is 3.06 bits per heavy atom. The minimum atomic E-state index is 0. The first-order valence-corrected chi connectivity index (χ1v) is 6.40. The molecule has 1 aromatic carbocycles. The number of halogens is 2. The minimum absolute atomic E-state index is 0. The molecule has 94 valence electrons. The fourth-order valence-corrected chi connectivity index (χ4v) is 2.09. The Morgan fingerprint density at radius 1 is 1.35 bits per heavy atom. The number of rotatable bonds is 2. The van der Waals surface area contributed by atoms with Crippen molar-refractivity contribution < 1.29 is 0 Å². The van der Waals surface area contributed by atoms with Crippen molar-refractivity contribution in [2.24, 2.45) is 4.99 Å². The first kappa shape index (κ1) is 14.5. The van der Waals surface area contributed by atoms with Crippen LogP contribution in [0.2, 0.25) is 0 Å². The van der Waals surface area contributed by atoms with E-state index in [-0.39, 0.29) is 17.0 Å². The number of hydrogen-bond donors (Lipinski definition) is 2. The molecule has 0 fully saturated rings. The summed E-state index contributed by atoms with van der Waals surface area (Å²) in [7, 11) is 0. The third-order valence-electron chi connectivity index (χ3n) is 2.50. The van der Waals surface area contributed by atoms with Gasteiger partial charge in [0.25, 0.3) is 0 Å². The van der Waals surface area contributed by atoms with Crippen LogP contribution in [0, 0.1) is 0 Å². The van der Waals surface area contributed by atoms with Gasteiger partial charge in [-0.2, -0.15) is 0 Å². The second-order valence-electron chi connectivity index (χ2n) is 3.85. The molecular weight excluding hydrogens is 346 g/mol. The number of nitrogens with zero attached hydrogens (tertiary/aromatic N) is 1. The van der Waals surface area contributed by atoms with Crippen molar-refractivity contribution >= 4 is 38.9 Å². The van der Waals surface area contributed by atoms with Gasteiger partial charge in [0, 0.05) is 24.1 Å². The van der Waals surface area contributed by atoms with E-state index in [4.69, 9.17) is 0 Å². The van der Waals surface area contributed by atoms with Gasteiger partial charge in [0.05, 0.1) is 0 Å². The molecule has 1 aliphatic heterocycles. The number of hydrogen-bond acceptors (Lipinski definition) is 3. The van der Waals surface area contributed by atoms with Crippen molar-refractivity contribution in [3.63, 3.8) is 0 Å². The molecule has 0 amide bonds. The van der Waals surface area contributed by atoms with Crippen molar-refractivity contribution in [2.45, 2.75) is 19.4 Å². The van der Waals surface area contributed by atoms with E-state index < -0.39 is 0 Å². The van der Waals surface area contributed by atoms with E-state index in [9.17, 15) is 0 Å². The molecule has 0 aromatic heterocycles. The molecule has 17 heavy (non-hydrogen) atoms. The number of aliphatic imine (C=N–C) groups is 1. The van der Waals surface area contributed by atoms with Gasteiger partial charge in [-0.15, -0.1) is 17.0 Å². The van der Waals surface area contributed by atoms with E-state index in [1.54, 1.807) is 0 Å². The van der Waals surface area contributed by atoms with Crippen molar-refractivity contribution in [1.29, 1.82) is 0 Å². The first-order chi connectivity index (χ1) is 7.84. The maximum absolute atomic E-state index is 4.44. The topological polar surface area (TPSA) is 36.4 Å². The molecule has 0 bridgehead atoms. The van der Waals surface area contributed by atoms with Gasteiger partial charge in [0.15, 0.2) is 5.96 Å². The van der Waals surface area contributed by atoms with Crippen LogP contribution in [-0.2, 0) is 6.54 Å². The highest BCUT2D eigenvalue weighted by molar-refractivity contribution is 9.10. The highest BCUT2D eigenvalue weighted by Crippen LogP contribution is 2.11. The van der Waals surface area contributed by atoms with Gasteiger partial charge < -0.3 is 10.6 Å². The van der Waals surface area contributed by atoms with Gasteiger partial charge in [0.2, 0.25) is 0 Å². The Kier molecular flexibility index (Phi) is 6.58. The van der Waals surface area contributed by atoms with Gasteiger partial charge in [0.1, 0.15) is 0 Å². The summed E-state index contributed by atoms with van der Waals surface area (Å²) in [6, 6.07) is 8.30. The molecule has 0 saturated heterocycles. The van der Waals surface area contributed by atoms with Crippen molar-refractivity contribution in [1.82, 2.24) is 10.6 Å². The summed E-state index contributed by atoms with van der Waals surface area (Å²) in [6.45, 7) is 2.75. The van der Waals surface area contributed by atoms with Crippen LogP contribution in [0.5, 0.6) is 0 Å². The average Bonchev–Trinajstić information content (AvgIpc) is 2.55. The summed E-state index contributed by atoms with van der Waals surface area (Å²) in [4.78, 5) is 4.44. The maximum Gasteiger partial charge on any atom is 0.191 e. The Morgan fingerprint density at radius 2 is 2.24 bits per heavy atom. The zero-order valence-corrected chi connectivity index (χ0v) is 12.9. The Balaban J connectivity index is 0.00000144. The van der Waals surface area contributed by atoms with Crippen molar-refractivity contribution in [3.05, 3.63) is 34.3 Å². The largest absolute Gasteiger partial charge is 0.356 e. The van der Waals surface area contributed by atoms with E-state index in [1.165, 1.54) is 18.4 Å². The average molecular weight is 363 g/mol. The second-order valence-corrected chi connectivity index (χ2v) is 4.76. The second kappa shape index (κ2) is 7.71. The minimum Gasteiger partial charge on any atom is -0.356 e. The molecule has 0 aliphatic carbocycles. The molecule has 2 N–H and O–H groups in total. The summed E-state index contributed by atoms with van der Waals surface area (Å²) in [5.74, 6) is 0.928. The lowest BCUT2D eigenvalue weighted by molar-refractivity contribution is 0.742. The van der Waals surface area contributed by atoms with Crippen LogP contribution in [0.1, 0.15) is 18.4 Å². The molecule has 0 spiro atoms. The molecule has 0 saturated carbocycles. The lowest BCUT2D eigenvalue weighted by Gasteiger charge is -2.10. The third kappa shape index (κ3) is 5.08. The third-order valence-corrected chi connectivity index (χ3v) is 2.99. The maximum atomic E-state index is 4.44. The predicted molar refractivity (Wildman–Crippen MR) is 80.8 cm³/mol. The molecule has 3 nitrogen and oxygen atoms in total. The molecule has 0 atom stereocenters. The van der Waals surface area contributed by atoms with Crippen LogP contribution < -0.4 is 10.6 Å². The molecule has 0 radical (unpaired) electrons. The molecule has 2 rings (SSSR count). The molecule has 1 aliphatic rings. The van der Waals surface area contributed by atoms with Gasteiger partial charge in [-0.25, -0.2) is 0 Å². The van der Waals surface area contributed by atoms with Gasteiger partial charge in [-0.05, 0) is 30.5 Å². The van der Waals surface area contributed by atoms with E-state index in [1.807, 2.05) is 12.1 Å². The highest BCUT2D eigenvalue weighted by Gasteiger charge is 2.02. The van der Waals surface area contributed by atoms with E-state index in [0.717, 1.165) is 30.1 Å².